The van der Waals surface area contributed by atoms with E-state index in [1.165, 1.54) is 6.20 Å². The largest absolute Gasteiger partial charge is 0.343 e. The predicted octanol–water partition coefficient (Wildman–Crippen LogP) is 0.954. The van der Waals surface area contributed by atoms with Crippen molar-refractivity contribution in [2.24, 2.45) is 0 Å². The first-order valence-electron chi connectivity index (χ1n) is 5.46. The van der Waals surface area contributed by atoms with E-state index in [1.54, 1.807) is 15.8 Å². The molecule has 0 saturated carbocycles. The molecule has 5 nitrogen and oxygen atoms in total. The SMILES string of the molecule is CCN(CC)C(=O)CCn1cncc1C=O. The average molecular weight is 223 g/mol. The van der Waals surface area contributed by atoms with Crippen molar-refractivity contribution in [1.29, 1.82) is 0 Å². The van der Waals surface area contributed by atoms with Crippen molar-refractivity contribution >= 4 is 12.2 Å². The quantitative estimate of drug-likeness (QED) is 0.675. The Bertz CT molecular complexity index is 356. The molecule has 0 spiro atoms. The molecule has 88 valence electrons. The summed E-state index contributed by atoms with van der Waals surface area (Å²) in [5.41, 5.74) is 0.507. The van der Waals surface area contributed by atoms with Gasteiger partial charge in [0.05, 0.1) is 12.5 Å². The Labute approximate surface area is 95.1 Å². The molecule has 0 aliphatic carbocycles. The number of carbonyl (C=O) groups excluding carboxylic acids is 2. The fourth-order valence-electron chi connectivity index (χ4n) is 1.57. The maximum absolute atomic E-state index is 11.7. The molecule has 0 atom stereocenters. The fraction of sp³-hybridized carbons (Fsp3) is 0.545. The van der Waals surface area contributed by atoms with E-state index < -0.39 is 0 Å². The van der Waals surface area contributed by atoms with Crippen LogP contribution in [0.3, 0.4) is 0 Å². The molecule has 0 aliphatic rings. The van der Waals surface area contributed by atoms with Crippen LogP contribution in [-0.2, 0) is 11.3 Å². The molecule has 1 rings (SSSR count). The average Bonchev–Trinajstić information content (AvgIpc) is 2.75. The lowest BCUT2D eigenvalue weighted by molar-refractivity contribution is -0.131. The van der Waals surface area contributed by atoms with Gasteiger partial charge in [-0.25, -0.2) is 4.98 Å². The number of amides is 1. The topological polar surface area (TPSA) is 55.2 Å². The summed E-state index contributed by atoms with van der Waals surface area (Å²) in [7, 11) is 0. The zero-order chi connectivity index (χ0) is 12.0. The third-order valence-electron chi connectivity index (χ3n) is 2.55. The smallest absolute Gasteiger partial charge is 0.224 e. The molecule has 1 aromatic heterocycles. The van der Waals surface area contributed by atoms with Gasteiger partial charge in [0.1, 0.15) is 5.69 Å². The van der Waals surface area contributed by atoms with Crippen LogP contribution in [-0.4, -0.2) is 39.7 Å². The Morgan fingerprint density at radius 3 is 2.75 bits per heavy atom. The van der Waals surface area contributed by atoms with Crippen molar-refractivity contribution in [3.05, 3.63) is 18.2 Å². The van der Waals surface area contributed by atoms with E-state index in [1.807, 2.05) is 13.8 Å². The Kier molecular flexibility index (Phi) is 4.69. The molecular formula is C11H17N3O2. The lowest BCUT2D eigenvalue weighted by Crippen LogP contribution is -2.31. The molecule has 1 amide bonds. The highest BCUT2D eigenvalue weighted by molar-refractivity contribution is 5.76. The van der Waals surface area contributed by atoms with Gasteiger partial charge in [-0.3, -0.25) is 9.59 Å². The van der Waals surface area contributed by atoms with Crippen molar-refractivity contribution in [1.82, 2.24) is 14.5 Å². The minimum Gasteiger partial charge on any atom is -0.343 e. The number of hydrogen-bond donors (Lipinski definition) is 0. The summed E-state index contributed by atoms with van der Waals surface area (Å²) < 4.78 is 1.69. The summed E-state index contributed by atoms with van der Waals surface area (Å²) in [6.07, 6.45) is 4.21. The lowest BCUT2D eigenvalue weighted by atomic mass is 10.3. The normalized spacial score (nSPS) is 10.1. The van der Waals surface area contributed by atoms with Crippen LogP contribution in [0.15, 0.2) is 12.5 Å². The summed E-state index contributed by atoms with van der Waals surface area (Å²) >= 11 is 0. The van der Waals surface area contributed by atoms with Gasteiger partial charge in [-0.1, -0.05) is 0 Å². The highest BCUT2D eigenvalue weighted by Crippen LogP contribution is 2.00. The van der Waals surface area contributed by atoms with Crippen LogP contribution in [0.5, 0.6) is 0 Å². The Morgan fingerprint density at radius 1 is 1.50 bits per heavy atom. The van der Waals surface area contributed by atoms with Crippen LogP contribution >= 0.6 is 0 Å². The summed E-state index contributed by atoms with van der Waals surface area (Å²) in [6, 6.07) is 0. The number of hydrogen-bond acceptors (Lipinski definition) is 3. The molecule has 0 unspecified atom stereocenters. The van der Waals surface area contributed by atoms with Gasteiger partial charge in [0.15, 0.2) is 6.29 Å². The van der Waals surface area contributed by atoms with Crippen LogP contribution in [0.2, 0.25) is 0 Å². The minimum atomic E-state index is 0.107. The van der Waals surface area contributed by atoms with Crippen molar-refractivity contribution in [2.75, 3.05) is 13.1 Å². The van der Waals surface area contributed by atoms with Gasteiger partial charge < -0.3 is 9.47 Å². The third-order valence-corrected chi connectivity index (χ3v) is 2.55. The third kappa shape index (κ3) is 2.92. The number of imidazole rings is 1. The zero-order valence-electron chi connectivity index (χ0n) is 9.72. The fourth-order valence-corrected chi connectivity index (χ4v) is 1.57. The van der Waals surface area contributed by atoms with Crippen LogP contribution in [0, 0.1) is 0 Å². The maximum atomic E-state index is 11.7. The van der Waals surface area contributed by atoms with E-state index in [0.29, 0.717) is 18.7 Å². The van der Waals surface area contributed by atoms with Crippen molar-refractivity contribution in [2.45, 2.75) is 26.8 Å². The Balaban J connectivity index is 2.51. The molecule has 1 aromatic rings. The van der Waals surface area contributed by atoms with E-state index in [9.17, 15) is 9.59 Å². The van der Waals surface area contributed by atoms with Gasteiger partial charge in [0, 0.05) is 26.1 Å². The number of rotatable bonds is 6. The van der Waals surface area contributed by atoms with E-state index in [2.05, 4.69) is 4.98 Å². The summed E-state index contributed by atoms with van der Waals surface area (Å²) in [5, 5.41) is 0. The molecule has 0 fully saturated rings. The summed E-state index contributed by atoms with van der Waals surface area (Å²) in [5.74, 6) is 0.107. The zero-order valence-corrected chi connectivity index (χ0v) is 9.72. The second kappa shape index (κ2) is 6.05. The van der Waals surface area contributed by atoms with Gasteiger partial charge in [-0.05, 0) is 13.8 Å². The van der Waals surface area contributed by atoms with Gasteiger partial charge in [0.25, 0.3) is 0 Å². The molecule has 0 aliphatic heterocycles. The Morgan fingerprint density at radius 2 is 2.19 bits per heavy atom. The summed E-state index contributed by atoms with van der Waals surface area (Å²) in [6.45, 7) is 5.86. The van der Waals surface area contributed by atoms with E-state index in [-0.39, 0.29) is 5.91 Å². The maximum Gasteiger partial charge on any atom is 0.224 e. The second-order valence-electron chi connectivity index (χ2n) is 3.45. The first kappa shape index (κ1) is 12.4. The van der Waals surface area contributed by atoms with Crippen LogP contribution < -0.4 is 0 Å². The number of nitrogens with zero attached hydrogens (tertiary/aromatic N) is 3. The molecule has 16 heavy (non-hydrogen) atoms. The first-order chi connectivity index (χ1) is 7.72. The van der Waals surface area contributed by atoms with E-state index in [0.717, 1.165) is 19.4 Å². The molecular weight excluding hydrogens is 206 g/mol. The predicted molar refractivity (Wildman–Crippen MR) is 60.2 cm³/mol. The van der Waals surface area contributed by atoms with Gasteiger partial charge >= 0.3 is 0 Å². The molecule has 0 aromatic carbocycles. The standard InChI is InChI=1S/C11H17N3O2/c1-3-13(4-2)11(16)5-6-14-9-12-7-10(14)8-15/h7-9H,3-6H2,1-2H3. The number of carbonyl (C=O) groups is 2. The molecule has 0 bridgehead atoms. The minimum absolute atomic E-state index is 0.107. The monoisotopic (exact) mass is 223 g/mol. The van der Waals surface area contributed by atoms with Crippen molar-refractivity contribution < 1.29 is 9.59 Å². The van der Waals surface area contributed by atoms with Gasteiger partial charge in [0.2, 0.25) is 5.91 Å². The molecule has 0 radical (unpaired) electrons. The highest BCUT2D eigenvalue weighted by atomic mass is 16.2. The van der Waals surface area contributed by atoms with E-state index in [4.69, 9.17) is 0 Å². The number of aromatic nitrogens is 2. The van der Waals surface area contributed by atoms with E-state index >= 15 is 0 Å². The molecule has 5 heteroatoms. The molecule has 1 heterocycles. The highest BCUT2D eigenvalue weighted by Gasteiger charge is 2.10. The van der Waals surface area contributed by atoms with Crippen molar-refractivity contribution in [3.8, 4) is 0 Å². The first-order valence-corrected chi connectivity index (χ1v) is 5.46. The molecule has 0 N–H and O–H groups in total. The second-order valence-corrected chi connectivity index (χ2v) is 3.45. The van der Waals surface area contributed by atoms with Gasteiger partial charge in [-0.15, -0.1) is 0 Å². The number of aldehydes is 1. The summed E-state index contributed by atoms with van der Waals surface area (Å²) in [4.78, 5) is 28.0. The Hall–Kier alpha value is -1.65. The van der Waals surface area contributed by atoms with Crippen LogP contribution in [0.1, 0.15) is 30.8 Å². The van der Waals surface area contributed by atoms with Crippen molar-refractivity contribution in [3.63, 3.8) is 0 Å². The number of aryl methyl sites for hydroxylation is 1. The lowest BCUT2D eigenvalue weighted by Gasteiger charge is -2.18. The van der Waals surface area contributed by atoms with Crippen LogP contribution in [0.25, 0.3) is 0 Å². The molecule has 0 saturated heterocycles. The van der Waals surface area contributed by atoms with Gasteiger partial charge in [-0.2, -0.15) is 0 Å². The van der Waals surface area contributed by atoms with Crippen LogP contribution in [0.4, 0.5) is 0 Å².